The van der Waals surface area contributed by atoms with Crippen molar-refractivity contribution in [1.82, 2.24) is 15.5 Å². The van der Waals surface area contributed by atoms with E-state index < -0.39 is 0 Å². The number of aryl methyl sites for hydroxylation is 1. The molecule has 1 atom stereocenters. The second-order valence-electron chi connectivity index (χ2n) is 6.47. The summed E-state index contributed by atoms with van der Waals surface area (Å²) in [5.74, 6) is 1.68. The summed E-state index contributed by atoms with van der Waals surface area (Å²) in [5, 5.41) is 12.1. The van der Waals surface area contributed by atoms with Crippen LogP contribution in [-0.2, 0) is 4.74 Å². The highest BCUT2D eigenvalue weighted by Gasteiger charge is 2.47. The fraction of sp³-hybridized carbons (Fsp3) is 0.529. The third-order valence-electron chi connectivity index (χ3n) is 5.09. The molecule has 1 N–H and O–H groups in total. The highest BCUT2D eigenvalue weighted by atomic mass is 35.5. The Hall–Kier alpha value is -1.43. The third kappa shape index (κ3) is 3.01. The lowest BCUT2D eigenvalue weighted by Crippen LogP contribution is -2.35. The Balaban J connectivity index is 0.00000156. The van der Waals surface area contributed by atoms with Gasteiger partial charge in [0.15, 0.2) is 0 Å². The average molecular weight is 336 g/mol. The number of ether oxygens (including phenoxy) is 1. The maximum Gasteiger partial charge on any atom is 0.247 e. The minimum absolute atomic E-state index is 0. The van der Waals surface area contributed by atoms with Gasteiger partial charge < -0.3 is 14.5 Å². The Morgan fingerprint density at radius 1 is 1.13 bits per heavy atom. The zero-order chi connectivity index (χ0) is 15.0. The molecule has 0 bridgehead atoms. The standard InChI is InChI=1S/C17H21N3O2.ClH/c1-12-2-4-13(5-3-12)15-19-20-16(22-15)14-10-18-11-17(14)6-8-21-9-7-17;/h2-5,14,18H,6-11H2,1H3;1H. The minimum Gasteiger partial charge on any atom is -0.420 e. The molecule has 124 valence electrons. The van der Waals surface area contributed by atoms with E-state index in [1.54, 1.807) is 0 Å². The van der Waals surface area contributed by atoms with Crippen LogP contribution in [-0.4, -0.2) is 36.5 Å². The van der Waals surface area contributed by atoms with Gasteiger partial charge in [-0.05, 0) is 37.3 Å². The zero-order valence-electron chi connectivity index (χ0n) is 13.2. The molecule has 1 unspecified atom stereocenters. The van der Waals surface area contributed by atoms with Crippen LogP contribution in [0.3, 0.4) is 0 Å². The Morgan fingerprint density at radius 2 is 1.87 bits per heavy atom. The zero-order valence-corrected chi connectivity index (χ0v) is 14.1. The van der Waals surface area contributed by atoms with E-state index in [1.165, 1.54) is 5.56 Å². The summed E-state index contributed by atoms with van der Waals surface area (Å²) >= 11 is 0. The first-order valence-corrected chi connectivity index (χ1v) is 7.96. The molecule has 2 aromatic rings. The molecule has 0 amide bonds. The van der Waals surface area contributed by atoms with Crippen molar-refractivity contribution >= 4 is 12.4 Å². The second-order valence-corrected chi connectivity index (χ2v) is 6.47. The van der Waals surface area contributed by atoms with Gasteiger partial charge in [-0.2, -0.15) is 0 Å². The van der Waals surface area contributed by atoms with Crippen molar-refractivity contribution < 1.29 is 9.15 Å². The van der Waals surface area contributed by atoms with Crippen LogP contribution in [0.4, 0.5) is 0 Å². The Morgan fingerprint density at radius 3 is 2.61 bits per heavy atom. The second kappa shape index (κ2) is 6.59. The van der Waals surface area contributed by atoms with Gasteiger partial charge in [-0.25, -0.2) is 0 Å². The lowest BCUT2D eigenvalue weighted by Gasteiger charge is -2.36. The van der Waals surface area contributed by atoms with Crippen LogP contribution in [0, 0.1) is 12.3 Å². The van der Waals surface area contributed by atoms with Crippen molar-refractivity contribution in [3.05, 3.63) is 35.7 Å². The van der Waals surface area contributed by atoms with Gasteiger partial charge in [-0.15, -0.1) is 22.6 Å². The molecular formula is C17H22ClN3O2. The number of hydrogen-bond donors (Lipinski definition) is 1. The SMILES string of the molecule is Cc1ccc(-c2nnc(C3CNCC34CCOCC4)o2)cc1.Cl. The summed E-state index contributed by atoms with van der Waals surface area (Å²) in [4.78, 5) is 0. The van der Waals surface area contributed by atoms with Crippen LogP contribution < -0.4 is 5.32 Å². The first-order chi connectivity index (χ1) is 10.8. The molecule has 23 heavy (non-hydrogen) atoms. The van der Waals surface area contributed by atoms with Gasteiger partial charge in [0.25, 0.3) is 0 Å². The van der Waals surface area contributed by atoms with E-state index in [4.69, 9.17) is 9.15 Å². The van der Waals surface area contributed by atoms with Crippen LogP contribution in [0.25, 0.3) is 11.5 Å². The largest absolute Gasteiger partial charge is 0.420 e. The fourth-order valence-electron chi connectivity index (χ4n) is 3.65. The molecule has 0 aliphatic carbocycles. The van der Waals surface area contributed by atoms with Crippen molar-refractivity contribution in [2.75, 3.05) is 26.3 Å². The van der Waals surface area contributed by atoms with E-state index in [1.807, 2.05) is 12.1 Å². The van der Waals surface area contributed by atoms with Gasteiger partial charge in [0.1, 0.15) is 0 Å². The van der Waals surface area contributed by atoms with E-state index in [0.29, 0.717) is 11.8 Å². The number of hydrogen-bond acceptors (Lipinski definition) is 5. The number of nitrogens with zero attached hydrogens (tertiary/aromatic N) is 2. The summed E-state index contributed by atoms with van der Waals surface area (Å²) in [6.45, 7) is 5.66. The normalized spacial score (nSPS) is 22.9. The van der Waals surface area contributed by atoms with Gasteiger partial charge in [0.05, 0.1) is 5.92 Å². The first kappa shape index (κ1) is 16.4. The Kier molecular flexibility index (Phi) is 4.71. The predicted octanol–water partition coefficient (Wildman–Crippen LogP) is 2.95. The molecule has 4 rings (SSSR count). The lowest BCUT2D eigenvalue weighted by atomic mass is 9.72. The molecule has 0 saturated carbocycles. The lowest BCUT2D eigenvalue weighted by molar-refractivity contribution is 0.0130. The van der Waals surface area contributed by atoms with Crippen molar-refractivity contribution in [1.29, 1.82) is 0 Å². The monoisotopic (exact) mass is 335 g/mol. The topological polar surface area (TPSA) is 60.2 Å². The molecule has 3 heterocycles. The highest BCUT2D eigenvalue weighted by molar-refractivity contribution is 5.85. The van der Waals surface area contributed by atoms with Crippen molar-refractivity contribution in [2.24, 2.45) is 5.41 Å². The molecule has 2 aliphatic heterocycles. The number of halogens is 1. The van der Waals surface area contributed by atoms with Gasteiger partial charge in [-0.1, -0.05) is 17.7 Å². The van der Waals surface area contributed by atoms with Crippen molar-refractivity contribution in [3.63, 3.8) is 0 Å². The van der Waals surface area contributed by atoms with Crippen LogP contribution in [0.2, 0.25) is 0 Å². The fourth-order valence-corrected chi connectivity index (χ4v) is 3.65. The van der Waals surface area contributed by atoms with E-state index in [0.717, 1.165) is 50.6 Å². The molecule has 1 spiro atoms. The molecule has 5 nitrogen and oxygen atoms in total. The maximum absolute atomic E-state index is 6.02. The van der Waals surface area contributed by atoms with E-state index >= 15 is 0 Å². The van der Waals surface area contributed by atoms with Gasteiger partial charge in [-0.3, -0.25) is 0 Å². The minimum atomic E-state index is 0. The number of aromatic nitrogens is 2. The third-order valence-corrected chi connectivity index (χ3v) is 5.09. The summed E-state index contributed by atoms with van der Waals surface area (Å²) < 4.78 is 11.5. The smallest absolute Gasteiger partial charge is 0.247 e. The Bertz CT molecular complexity index is 650. The quantitative estimate of drug-likeness (QED) is 0.914. The van der Waals surface area contributed by atoms with Crippen LogP contribution in [0.5, 0.6) is 0 Å². The van der Waals surface area contributed by atoms with Crippen LogP contribution in [0.15, 0.2) is 28.7 Å². The summed E-state index contributed by atoms with van der Waals surface area (Å²) in [6, 6.07) is 8.19. The van der Waals surface area contributed by atoms with E-state index in [2.05, 4.69) is 34.6 Å². The van der Waals surface area contributed by atoms with Crippen LogP contribution in [0.1, 0.15) is 30.2 Å². The number of nitrogens with one attached hydrogen (secondary N) is 1. The van der Waals surface area contributed by atoms with Gasteiger partial charge in [0, 0.05) is 31.9 Å². The number of rotatable bonds is 2. The molecule has 6 heteroatoms. The van der Waals surface area contributed by atoms with Gasteiger partial charge in [0.2, 0.25) is 11.8 Å². The summed E-state index contributed by atoms with van der Waals surface area (Å²) in [5.41, 5.74) is 2.43. The summed E-state index contributed by atoms with van der Waals surface area (Å²) in [6.07, 6.45) is 2.12. The molecule has 1 aromatic carbocycles. The van der Waals surface area contributed by atoms with Crippen molar-refractivity contribution in [2.45, 2.75) is 25.7 Å². The number of benzene rings is 1. The first-order valence-electron chi connectivity index (χ1n) is 7.96. The Labute approximate surface area is 142 Å². The maximum atomic E-state index is 6.02. The molecule has 0 radical (unpaired) electrons. The molecule has 1 aromatic heterocycles. The summed E-state index contributed by atoms with van der Waals surface area (Å²) in [7, 11) is 0. The molecular weight excluding hydrogens is 314 g/mol. The van der Waals surface area contributed by atoms with Crippen molar-refractivity contribution in [3.8, 4) is 11.5 Å². The highest BCUT2D eigenvalue weighted by Crippen LogP contribution is 2.46. The van der Waals surface area contributed by atoms with E-state index in [9.17, 15) is 0 Å². The van der Waals surface area contributed by atoms with Crippen LogP contribution >= 0.6 is 12.4 Å². The average Bonchev–Trinajstić information content (AvgIpc) is 3.16. The van der Waals surface area contributed by atoms with E-state index in [-0.39, 0.29) is 17.8 Å². The molecule has 2 fully saturated rings. The van der Waals surface area contributed by atoms with Gasteiger partial charge >= 0.3 is 0 Å². The molecule has 2 aliphatic rings. The predicted molar refractivity (Wildman–Crippen MR) is 89.8 cm³/mol. The molecule has 2 saturated heterocycles.